The first kappa shape index (κ1) is 18.0. The number of benzene rings is 2. The summed E-state index contributed by atoms with van der Waals surface area (Å²) in [5.74, 6) is 1.32. The third-order valence-electron chi connectivity index (χ3n) is 4.71. The predicted molar refractivity (Wildman–Crippen MR) is 116 cm³/mol. The minimum absolute atomic E-state index is 0.518. The van der Waals surface area contributed by atoms with Crippen LogP contribution in [-0.4, -0.2) is 9.97 Å². The number of thiophene rings is 1. The highest BCUT2D eigenvalue weighted by atomic mass is 35.5. The van der Waals surface area contributed by atoms with E-state index >= 15 is 0 Å². The van der Waals surface area contributed by atoms with Gasteiger partial charge in [0.05, 0.1) is 5.39 Å². The second-order valence-electron chi connectivity index (χ2n) is 6.91. The highest BCUT2D eigenvalue weighted by Gasteiger charge is 2.14. The van der Waals surface area contributed by atoms with Crippen LogP contribution in [0, 0.1) is 6.92 Å². The Morgan fingerprint density at radius 2 is 1.81 bits per heavy atom. The van der Waals surface area contributed by atoms with Crippen molar-refractivity contribution < 1.29 is 0 Å². The summed E-state index contributed by atoms with van der Waals surface area (Å²) in [5, 5.41) is 7.34. The fourth-order valence-corrected chi connectivity index (χ4v) is 4.17. The lowest BCUT2D eigenvalue weighted by Gasteiger charge is -2.12. The van der Waals surface area contributed by atoms with Crippen LogP contribution in [0.2, 0.25) is 5.02 Å². The van der Waals surface area contributed by atoms with Gasteiger partial charge >= 0.3 is 0 Å². The van der Waals surface area contributed by atoms with Gasteiger partial charge in [-0.1, -0.05) is 55.8 Å². The Labute approximate surface area is 168 Å². The Morgan fingerprint density at radius 3 is 2.56 bits per heavy atom. The minimum atomic E-state index is 0.518. The molecule has 0 aliphatic carbocycles. The Kier molecular flexibility index (Phi) is 4.85. The molecule has 136 valence electrons. The molecule has 0 saturated carbocycles. The summed E-state index contributed by atoms with van der Waals surface area (Å²) >= 11 is 7.81. The van der Waals surface area contributed by atoms with E-state index in [4.69, 9.17) is 11.6 Å². The van der Waals surface area contributed by atoms with Crippen LogP contribution in [-0.2, 0) is 0 Å². The lowest BCUT2D eigenvalue weighted by atomic mass is 9.99. The minimum Gasteiger partial charge on any atom is -0.339 e. The molecule has 0 aliphatic heterocycles. The number of nitrogens with one attached hydrogen (secondary N) is 1. The van der Waals surface area contributed by atoms with Gasteiger partial charge in [0.2, 0.25) is 0 Å². The molecule has 0 unspecified atom stereocenters. The SMILES string of the molecule is Cc1ccc(Cl)cc1Nc1ncnc2scc(-c3ccc(C(C)C)cc3)c12. The standard InChI is InChI=1S/C22H20ClN3S/c1-13(2)15-5-7-16(8-6-15)18-11-27-22-20(18)21(24-12-25-22)26-19-10-17(23)9-4-14(19)3/h4-13H,1-3H3,(H,24,25,26). The van der Waals surface area contributed by atoms with E-state index in [-0.39, 0.29) is 0 Å². The molecule has 27 heavy (non-hydrogen) atoms. The average Bonchev–Trinajstić information content (AvgIpc) is 3.10. The highest BCUT2D eigenvalue weighted by molar-refractivity contribution is 7.17. The Morgan fingerprint density at radius 1 is 1.04 bits per heavy atom. The number of halogens is 1. The quantitative estimate of drug-likeness (QED) is 0.398. The number of nitrogens with zero attached hydrogens (tertiary/aromatic N) is 2. The molecule has 0 aliphatic rings. The molecule has 0 bridgehead atoms. The molecule has 3 nitrogen and oxygen atoms in total. The highest BCUT2D eigenvalue weighted by Crippen LogP contribution is 2.38. The third kappa shape index (κ3) is 3.55. The molecule has 4 rings (SSSR count). The van der Waals surface area contributed by atoms with Crippen LogP contribution < -0.4 is 5.32 Å². The number of anilines is 2. The molecule has 1 N–H and O–H groups in total. The molecule has 2 aromatic heterocycles. The summed E-state index contributed by atoms with van der Waals surface area (Å²) in [7, 11) is 0. The van der Waals surface area contributed by atoms with Crippen molar-refractivity contribution in [2.75, 3.05) is 5.32 Å². The Balaban J connectivity index is 1.81. The van der Waals surface area contributed by atoms with E-state index in [1.807, 2.05) is 18.2 Å². The van der Waals surface area contributed by atoms with Gasteiger partial charge in [-0.25, -0.2) is 9.97 Å². The van der Waals surface area contributed by atoms with Crippen molar-refractivity contribution in [2.24, 2.45) is 0 Å². The first-order valence-electron chi connectivity index (χ1n) is 8.88. The maximum Gasteiger partial charge on any atom is 0.143 e. The van der Waals surface area contributed by atoms with Crippen molar-refractivity contribution >= 4 is 44.7 Å². The van der Waals surface area contributed by atoms with Gasteiger partial charge in [0.15, 0.2) is 0 Å². The number of aromatic nitrogens is 2. The summed E-state index contributed by atoms with van der Waals surface area (Å²) < 4.78 is 0. The monoisotopic (exact) mass is 393 g/mol. The molecule has 5 heteroatoms. The maximum atomic E-state index is 6.18. The first-order chi connectivity index (χ1) is 13.0. The van der Waals surface area contributed by atoms with Gasteiger partial charge < -0.3 is 5.32 Å². The summed E-state index contributed by atoms with van der Waals surface area (Å²) in [5.41, 5.74) is 5.72. The van der Waals surface area contributed by atoms with Gasteiger partial charge in [-0.05, 0) is 41.7 Å². The van der Waals surface area contributed by atoms with E-state index in [1.54, 1.807) is 17.7 Å². The van der Waals surface area contributed by atoms with Gasteiger partial charge in [-0.3, -0.25) is 0 Å². The van der Waals surface area contributed by atoms with Crippen LogP contribution >= 0.6 is 22.9 Å². The zero-order valence-corrected chi connectivity index (χ0v) is 17.0. The van der Waals surface area contributed by atoms with Crippen molar-refractivity contribution in [3.05, 3.63) is 70.3 Å². The van der Waals surface area contributed by atoms with Crippen molar-refractivity contribution in [1.82, 2.24) is 9.97 Å². The van der Waals surface area contributed by atoms with Gasteiger partial charge in [0.1, 0.15) is 17.0 Å². The van der Waals surface area contributed by atoms with E-state index in [0.717, 1.165) is 32.8 Å². The third-order valence-corrected chi connectivity index (χ3v) is 5.83. The average molecular weight is 394 g/mol. The van der Waals surface area contributed by atoms with Crippen LogP contribution in [0.4, 0.5) is 11.5 Å². The van der Waals surface area contributed by atoms with E-state index in [1.165, 1.54) is 11.1 Å². The lowest BCUT2D eigenvalue weighted by Crippen LogP contribution is -1.97. The zero-order valence-electron chi connectivity index (χ0n) is 15.5. The number of fused-ring (bicyclic) bond motifs is 1. The zero-order chi connectivity index (χ0) is 19.0. The molecule has 0 atom stereocenters. The van der Waals surface area contributed by atoms with Gasteiger partial charge in [-0.15, -0.1) is 11.3 Å². The number of rotatable bonds is 4. The number of hydrogen-bond acceptors (Lipinski definition) is 4. The Bertz CT molecular complexity index is 1100. The van der Waals surface area contributed by atoms with Crippen LogP contribution in [0.3, 0.4) is 0 Å². The molecule has 2 heterocycles. The second kappa shape index (κ2) is 7.29. The topological polar surface area (TPSA) is 37.8 Å². The molecular formula is C22H20ClN3S. The molecule has 0 radical (unpaired) electrons. The van der Waals surface area contributed by atoms with Gasteiger partial charge in [-0.2, -0.15) is 0 Å². The fraction of sp³-hybridized carbons (Fsp3) is 0.182. The van der Waals surface area contributed by atoms with Crippen LogP contribution in [0.25, 0.3) is 21.3 Å². The van der Waals surface area contributed by atoms with E-state index in [0.29, 0.717) is 10.9 Å². The van der Waals surface area contributed by atoms with Gasteiger partial charge in [0.25, 0.3) is 0 Å². The lowest BCUT2D eigenvalue weighted by molar-refractivity contribution is 0.867. The molecule has 2 aromatic carbocycles. The summed E-state index contributed by atoms with van der Waals surface area (Å²) in [6.07, 6.45) is 1.60. The Hall–Kier alpha value is -2.43. The normalized spacial score (nSPS) is 11.3. The number of aryl methyl sites for hydroxylation is 1. The maximum absolute atomic E-state index is 6.18. The van der Waals surface area contributed by atoms with Crippen LogP contribution in [0.15, 0.2) is 54.2 Å². The van der Waals surface area contributed by atoms with Gasteiger partial charge in [0, 0.05) is 21.7 Å². The molecule has 0 fully saturated rings. The van der Waals surface area contributed by atoms with E-state index in [2.05, 4.69) is 65.7 Å². The van der Waals surface area contributed by atoms with Crippen molar-refractivity contribution in [2.45, 2.75) is 26.7 Å². The summed E-state index contributed by atoms with van der Waals surface area (Å²) in [4.78, 5) is 9.94. The van der Waals surface area contributed by atoms with Crippen molar-refractivity contribution in [3.8, 4) is 11.1 Å². The predicted octanol–water partition coefficient (Wildman–Crippen LogP) is 7.19. The van der Waals surface area contributed by atoms with E-state index < -0.39 is 0 Å². The summed E-state index contributed by atoms with van der Waals surface area (Å²) in [6.45, 7) is 6.46. The summed E-state index contributed by atoms with van der Waals surface area (Å²) in [6, 6.07) is 14.6. The van der Waals surface area contributed by atoms with E-state index in [9.17, 15) is 0 Å². The largest absolute Gasteiger partial charge is 0.339 e. The van der Waals surface area contributed by atoms with Crippen molar-refractivity contribution in [3.63, 3.8) is 0 Å². The molecule has 0 saturated heterocycles. The molecule has 4 aromatic rings. The number of hydrogen-bond donors (Lipinski definition) is 1. The van der Waals surface area contributed by atoms with Crippen LogP contribution in [0.1, 0.15) is 30.9 Å². The van der Waals surface area contributed by atoms with Crippen LogP contribution in [0.5, 0.6) is 0 Å². The molecular weight excluding hydrogens is 374 g/mol. The molecule has 0 amide bonds. The first-order valence-corrected chi connectivity index (χ1v) is 10.1. The fourth-order valence-electron chi connectivity index (χ4n) is 3.09. The second-order valence-corrected chi connectivity index (χ2v) is 8.21. The smallest absolute Gasteiger partial charge is 0.143 e. The molecule has 0 spiro atoms. The van der Waals surface area contributed by atoms with Crippen molar-refractivity contribution in [1.29, 1.82) is 0 Å².